The van der Waals surface area contributed by atoms with Crippen LogP contribution in [0.5, 0.6) is 5.75 Å². The molecule has 0 unspecified atom stereocenters. The number of hydrogen-bond donors (Lipinski definition) is 1. The molecule has 0 radical (unpaired) electrons. The van der Waals surface area contributed by atoms with Crippen molar-refractivity contribution in [1.82, 2.24) is 0 Å². The maximum Gasteiger partial charge on any atom is 0.248 e. The quantitative estimate of drug-likeness (QED) is 0.810. The van der Waals surface area contributed by atoms with Gasteiger partial charge >= 0.3 is 0 Å². The van der Waals surface area contributed by atoms with Gasteiger partial charge in [-0.25, -0.2) is 0 Å². The number of halogens is 1. The summed E-state index contributed by atoms with van der Waals surface area (Å²) in [5, 5.41) is 2.81. The maximum atomic E-state index is 11.9. The van der Waals surface area contributed by atoms with Gasteiger partial charge in [-0.15, -0.1) is 0 Å². The molecule has 0 saturated heterocycles. The maximum absolute atomic E-state index is 11.9. The number of amides is 1. The predicted octanol–water partition coefficient (Wildman–Crippen LogP) is 4.50. The van der Waals surface area contributed by atoms with Crippen LogP contribution in [0, 0.1) is 0 Å². The summed E-state index contributed by atoms with van der Waals surface area (Å²) in [6.07, 6.45) is 3.27. The summed E-state index contributed by atoms with van der Waals surface area (Å²) >= 11 is 3.39. The Morgan fingerprint density at radius 3 is 2.57 bits per heavy atom. The van der Waals surface area contributed by atoms with Crippen molar-refractivity contribution < 1.29 is 9.53 Å². The summed E-state index contributed by atoms with van der Waals surface area (Å²) < 4.78 is 6.22. The van der Waals surface area contributed by atoms with E-state index >= 15 is 0 Å². The Bertz CT molecular complexity index is 635. The van der Waals surface area contributed by atoms with Gasteiger partial charge in [0.2, 0.25) is 5.91 Å². The molecule has 0 spiro atoms. The number of nitrogens with one attached hydrogen (secondary N) is 1. The minimum Gasteiger partial charge on any atom is -0.494 e. The molecule has 1 amide bonds. The van der Waals surface area contributed by atoms with Gasteiger partial charge < -0.3 is 10.1 Å². The van der Waals surface area contributed by atoms with Gasteiger partial charge in [0.05, 0.1) is 12.3 Å². The fourth-order valence-electron chi connectivity index (χ4n) is 1.75. The first-order valence-electron chi connectivity index (χ1n) is 6.65. The zero-order valence-corrected chi connectivity index (χ0v) is 13.3. The average Bonchev–Trinajstić information content (AvgIpc) is 2.49. The highest BCUT2D eigenvalue weighted by molar-refractivity contribution is 9.10. The van der Waals surface area contributed by atoms with E-state index in [0.717, 1.165) is 21.5 Å². The molecule has 0 fully saturated rings. The molecule has 0 aliphatic rings. The molecule has 0 bridgehead atoms. The lowest BCUT2D eigenvalue weighted by Gasteiger charge is -2.04. The van der Waals surface area contributed by atoms with Crippen molar-refractivity contribution in [2.45, 2.75) is 6.92 Å². The predicted molar refractivity (Wildman–Crippen MR) is 89.4 cm³/mol. The Morgan fingerprint density at radius 2 is 1.90 bits per heavy atom. The van der Waals surface area contributed by atoms with Crippen LogP contribution in [0.25, 0.3) is 6.08 Å². The van der Waals surface area contributed by atoms with Crippen LogP contribution in [0.1, 0.15) is 12.5 Å². The second-order valence-corrected chi connectivity index (χ2v) is 5.16. The monoisotopic (exact) mass is 345 g/mol. The van der Waals surface area contributed by atoms with Crippen molar-refractivity contribution >= 4 is 33.6 Å². The van der Waals surface area contributed by atoms with E-state index in [0.29, 0.717) is 6.61 Å². The normalized spacial score (nSPS) is 10.6. The van der Waals surface area contributed by atoms with Crippen molar-refractivity contribution in [3.05, 3.63) is 64.6 Å². The highest BCUT2D eigenvalue weighted by Crippen LogP contribution is 2.21. The molecule has 3 nitrogen and oxygen atoms in total. The Balaban J connectivity index is 1.97. The minimum atomic E-state index is -0.171. The summed E-state index contributed by atoms with van der Waals surface area (Å²) in [5.41, 5.74) is 1.69. The van der Waals surface area contributed by atoms with E-state index < -0.39 is 0 Å². The number of carbonyl (C=O) groups excluding carboxylic acids is 1. The van der Waals surface area contributed by atoms with Crippen molar-refractivity contribution in [2.24, 2.45) is 0 Å². The average molecular weight is 346 g/mol. The molecule has 2 aromatic carbocycles. The van der Waals surface area contributed by atoms with Crippen LogP contribution in [0.15, 0.2) is 59.1 Å². The van der Waals surface area contributed by atoms with Crippen LogP contribution >= 0.6 is 15.9 Å². The van der Waals surface area contributed by atoms with Gasteiger partial charge in [0, 0.05) is 10.5 Å². The summed E-state index contributed by atoms with van der Waals surface area (Å²) in [6.45, 7) is 2.59. The lowest BCUT2D eigenvalue weighted by atomic mass is 10.2. The zero-order chi connectivity index (χ0) is 15.1. The third-order valence-corrected chi connectivity index (χ3v) is 3.44. The van der Waals surface area contributed by atoms with Crippen LogP contribution in [-0.4, -0.2) is 12.5 Å². The molecular formula is C17H16BrNO2. The molecule has 0 aromatic heterocycles. The molecule has 0 heterocycles. The van der Waals surface area contributed by atoms with E-state index in [4.69, 9.17) is 4.74 Å². The SMILES string of the molecule is CCOc1ccc(/C=C/C(=O)Nc2ccccc2Br)cc1. The lowest BCUT2D eigenvalue weighted by Crippen LogP contribution is -2.07. The number of benzene rings is 2. The van der Waals surface area contributed by atoms with Gasteiger partial charge in [-0.1, -0.05) is 24.3 Å². The van der Waals surface area contributed by atoms with Crippen molar-refractivity contribution in [3.8, 4) is 5.75 Å². The summed E-state index contributed by atoms with van der Waals surface area (Å²) in [6, 6.07) is 15.1. The van der Waals surface area contributed by atoms with Gasteiger partial charge in [0.1, 0.15) is 5.75 Å². The molecule has 0 atom stereocenters. The van der Waals surface area contributed by atoms with Crippen LogP contribution in [0.4, 0.5) is 5.69 Å². The fraction of sp³-hybridized carbons (Fsp3) is 0.118. The first-order valence-corrected chi connectivity index (χ1v) is 7.45. The molecule has 0 saturated carbocycles. The second-order valence-electron chi connectivity index (χ2n) is 4.30. The number of anilines is 1. The molecular weight excluding hydrogens is 330 g/mol. The summed E-state index contributed by atoms with van der Waals surface area (Å²) in [7, 11) is 0. The van der Waals surface area contributed by atoms with Gasteiger partial charge in [-0.2, -0.15) is 0 Å². The number of ether oxygens (including phenoxy) is 1. The number of carbonyl (C=O) groups is 1. The number of rotatable bonds is 5. The van der Waals surface area contributed by atoms with Crippen LogP contribution in [-0.2, 0) is 4.79 Å². The second kappa shape index (κ2) is 7.64. The molecule has 1 N–H and O–H groups in total. The topological polar surface area (TPSA) is 38.3 Å². The van der Waals surface area contributed by atoms with E-state index in [9.17, 15) is 4.79 Å². The smallest absolute Gasteiger partial charge is 0.248 e. The summed E-state index contributed by atoms with van der Waals surface area (Å²) in [5.74, 6) is 0.656. The Kier molecular flexibility index (Phi) is 5.58. The van der Waals surface area contributed by atoms with Crippen LogP contribution in [0.3, 0.4) is 0 Å². The van der Waals surface area contributed by atoms with Crippen molar-refractivity contribution in [2.75, 3.05) is 11.9 Å². The third kappa shape index (κ3) is 4.76. The first-order chi connectivity index (χ1) is 10.2. The molecule has 4 heteroatoms. The van der Waals surface area contributed by atoms with Crippen LogP contribution < -0.4 is 10.1 Å². The highest BCUT2D eigenvalue weighted by atomic mass is 79.9. The van der Waals surface area contributed by atoms with Gasteiger partial charge in [0.15, 0.2) is 0 Å². The molecule has 0 aliphatic carbocycles. The standard InChI is InChI=1S/C17H16BrNO2/c1-2-21-14-10-7-13(8-11-14)9-12-17(20)19-16-6-4-3-5-15(16)18/h3-12H,2H2,1H3,(H,19,20)/b12-9+. The van der Waals surface area contributed by atoms with Crippen LogP contribution in [0.2, 0.25) is 0 Å². The number of hydrogen-bond acceptors (Lipinski definition) is 2. The Labute approximate surface area is 132 Å². The van der Waals surface area contributed by atoms with E-state index in [1.807, 2.05) is 55.5 Å². The van der Waals surface area contributed by atoms with E-state index in [1.165, 1.54) is 6.08 Å². The fourth-order valence-corrected chi connectivity index (χ4v) is 2.13. The van der Waals surface area contributed by atoms with Crippen molar-refractivity contribution in [3.63, 3.8) is 0 Å². The van der Waals surface area contributed by atoms with E-state index in [1.54, 1.807) is 6.08 Å². The lowest BCUT2D eigenvalue weighted by molar-refractivity contribution is -0.111. The van der Waals surface area contributed by atoms with Gasteiger partial charge in [0.25, 0.3) is 0 Å². The molecule has 0 aliphatic heterocycles. The van der Waals surface area contributed by atoms with Crippen molar-refractivity contribution in [1.29, 1.82) is 0 Å². The zero-order valence-electron chi connectivity index (χ0n) is 11.7. The van der Waals surface area contributed by atoms with E-state index in [2.05, 4.69) is 21.2 Å². The minimum absolute atomic E-state index is 0.171. The van der Waals surface area contributed by atoms with Gasteiger partial charge in [-0.3, -0.25) is 4.79 Å². The third-order valence-electron chi connectivity index (χ3n) is 2.75. The first kappa shape index (κ1) is 15.3. The molecule has 108 valence electrons. The Hall–Kier alpha value is -2.07. The number of para-hydroxylation sites is 1. The Morgan fingerprint density at radius 1 is 1.19 bits per heavy atom. The van der Waals surface area contributed by atoms with E-state index in [-0.39, 0.29) is 5.91 Å². The largest absolute Gasteiger partial charge is 0.494 e. The van der Waals surface area contributed by atoms with Gasteiger partial charge in [-0.05, 0) is 58.8 Å². The molecule has 2 aromatic rings. The summed E-state index contributed by atoms with van der Waals surface area (Å²) in [4.78, 5) is 11.9. The molecule has 2 rings (SSSR count). The molecule has 21 heavy (non-hydrogen) atoms. The highest BCUT2D eigenvalue weighted by Gasteiger charge is 2.01.